The fourth-order valence-electron chi connectivity index (χ4n) is 2.60. The van der Waals surface area contributed by atoms with E-state index in [0.29, 0.717) is 29.8 Å². The summed E-state index contributed by atoms with van der Waals surface area (Å²) in [6.07, 6.45) is 2.38. The highest BCUT2D eigenvalue weighted by Gasteiger charge is 2.08. The van der Waals surface area contributed by atoms with E-state index in [9.17, 15) is 0 Å². The van der Waals surface area contributed by atoms with Crippen LogP contribution in [0.4, 0.5) is 17.5 Å². The van der Waals surface area contributed by atoms with E-state index in [1.807, 2.05) is 42.5 Å². The van der Waals surface area contributed by atoms with Gasteiger partial charge in [-0.1, -0.05) is 12.1 Å². The maximum Gasteiger partial charge on any atom is 0.244 e. The third-order valence-corrected chi connectivity index (χ3v) is 4.08. The van der Waals surface area contributed by atoms with E-state index in [0.717, 1.165) is 17.9 Å². The van der Waals surface area contributed by atoms with Gasteiger partial charge in [-0.3, -0.25) is 0 Å². The molecule has 0 saturated heterocycles. The molecule has 0 fully saturated rings. The Labute approximate surface area is 163 Å². The van der Waals surface area contributed by atoms with Gasteiger partial charge in [-0.25, -0.2) is 0 Å². The molecule has 0 atom stereocenters. The second kappa shape index (κ2) is 9.40. The minimum atomic E-state index is 0.445. The molecule has 3 rings (SSSR count). The van der Waals surface area contributed by atoms with Crippen LogP contribution in [-0.2, 0) is 6.42 Å². The molecule has 3 aromatic rings. The number of anilines is 3. The van der Waals surface area contributed by atoms with Crippen molar-refractivity contribution in [2.45, 2.75) is 6.42 Å². The summed E-state index contributed by atoms with van der Waals surface area (Å²) in [5.41, 5.74) is 1.92. The van der Waals surface area contributed by atoms with Gasteiger partial charge < -0.3 is 24.8 Å². The highest BCUT2D eigenvalue weighted by molar-refractivity contribution is 5.66. The first-order chi connectivity index (χ1) is 13.7. The van der Waals surface area contributed by atoms with E-state index in [2.05, 4.69) is 25.8 Å². The first-order valence-corrected chi connectivity index (χ1v) is 8.77. The van der Waals surface area contributed by atoms with Gasteiger partial charge in [-0.05, 0) is 36.2 Å². The lowest BCUT2D eigenvalue weighted by Gasteiger charge is -2.12. The van der Waals surface area contributed by atoms with Crippen molar-refractivity contribution < 1.29 is 14.2 Å². The van der Waals surface area contributed by atoms with Crippen molar-refractivity contribution in [2.75, 3.05) is 38.5 Å². The number of aromatic nitrogens is 3. The Balaban J connectivity index is 1.62. The number of benzene rings is 2. The zero-order chi connectivity index (χ0) is 19.8. The van der Waals surface area contributed by atoms with Crippen LogP contribution in [0.25, 0.3) is 0 Å². The maximum absolute atomic E-state index is 5.37. The molecule has 8 heteroatoms. The number of ether oxygens (including phenoxy) is 3. The van der Waals surface area contributed by atoms with Gasteiger partial charge in [0.2, 0.25) is 5.95 Å². The lowest BCUT2D eigenvalue weighted by atomic mass is 10.1. The van der Waals surface area contributed by atoms with Crippen LogP contribution in [0.15, 0.2) is 48.7 Å². The molecule has 0 radical (unpaired) electrons. The maximum atomic E-state index is 5.37. The molecule has 2 N–H and O–H groups in total. The molecule has 0 unspecified atom stereocenters. The van der Waals surface area contributed by atoms with Crippen LogP contribution in [0.1, 0.15) is 5.56 Å². The van der Waals surface area contributed by atoms with Crippen molar-refractivity contribution in [3.05, 3.63) is 54.2 Å². The van der Waals surface area contributed by atoms with Crippen molar-refractivity contribution >= 4 is 17.5 Å². The molecule has 28 heavy (non-hydrogen) atoms. The summed E-state index contributed by atoms with van der Waals surface area (Å²) >= 11 is 0. The monoisotopic (exact) mass is 381 g/mol. The average molecular weight is 381 g/mol. The molecule has 2 aromatic carbocycles. The molecule has 8 nitrogen and oxygen atoms in total. The molecule has 0 aliphatic carbocycles. The van der Waals surface area contributed by atoms with Gasteiger partial charge in [-0.15, -0.1) is 5.10 Å². The van der Waals surface area contributed by atoms with Crippen LogP contribution in [-0.4, -0.2) is 43.1 Å². The Morgan fingerprint density at radius 2 is 1.64 bits per heavy atom. The number of methoxy groups -OCH3 is 3. The second-order valence-electron chi connectivity index (χ2n) is 5.88. The quantitative estimate of drug-likeness (QED) is 0.583. The summed E-state index contributed by atoms with van der Waals surface area (Å²) in [6.45, 7) is 0.680. The fraction of sp³-hybridized carbons (Fsp3) is 0.250. The van der Waals surface area contributed by atoms with Crippen LogP contribution in [0.3, 0.4) is 0 Å². The van der Waals surface area contributed by atoms with Crippen LogP contribution >= 0.6 is 0 Å². The Hall–Kier alpha value is -3.55. The summed E-state index contributed by atoms with van der Waals surface area (Å²) in [4.78, 5) is 4.45. The number of nitrogens with zero attached hydrogens (tertiary/aromatic N) is 3. The molecule has 0 aliphatic rings. The van der Waals surface area contributed by atoms with Crippen LogP contribution in [0.5, 0.6) is 17.2 Å². The zero-order valence-corrected chi connectivity index (χ0v) is 16.1. The molecular formula is C20H23N5O3. The van der Waals surface area contributed by atoms with Crippen molar-refractivity contribution in [3.8, 4) is 17.2 Å². The average Bonchev–Trinajstić information content (AvgIpc) is 2.74. The van der Waals surface area contributed by atoms with Gasteiger partial charge in [-0.2, -0.15) is 10.1 Å². The van der Waals surface area contributed by atoms with E-state index >= 15 is 0 Å². The van der Waals surface area contributed by atoms with Gasteiger partial charge in [0.15, 0.2) is 5.82 Å². The van der Waals surface area contributed by atoms with Gasteiger partial charge in [0.25, 0.3) is 0 Å². The predicted molar refractivity (Wildman–Crippen MR) is 108 cm³/mol. The van der Waals surface area contributed by atoms with E-state index in [1.54, 1.807) is 27.5 Å². The smallest absolute Gasteiger partial charge is 0.244 e. The van der Waals surface area contributed by atoms with Crippen LogP contribution < -0.4 is 24.8 Å². The highest BCUT2D eigenvalue weighted by Crippen LogP contribution is 2.30. The first kappa shape index (κ1) is 19.2. The molecule has 1 heterocycles. The predicted octanol–water partition coefficient (Wildman–Crippen LogP) is 3.30. The van der Waals surface area contributed by atoms with Gasteiger partial charge in [0.1, 0.15) is 17.2 Å². The molecule has 1 aromatic heterocycles. The van der Waals surface area contributed by atoms with Gasteiger partial charge in [0.05, 0.1) is 33.2 Å². The molecule has 0 bridgehead atoms. The third-order valence-electron chi connectivity index (χ3n) is 4.08. The van der Waals surface area contributed by atoms with Crippen molar-refractivity contribution in [3.63, 3.8) is 0 Å². The number of hydrogen-bond donors (Lipinski definition) is 2. The van der Waals surface area contributed by atoms with E-state index < -0.39 is 0 Å². The number of hydrogen-bond acceptors (Lipinski definition) is 8. The second-order valence-corrected chi connectivity index (χ2v) is 5.88. The summed E-state index contributed by atoms with van der Waals surface area (Å²) < 4.78 is 15.8. The fourth-order valence-corrected chi connectivity index (χ4v) is 2.60. The number of rotatable bonds is 9. The molecule has 0 saturated carbocycles. The summed E-state index contributed by atoms with van der Waals surface area (Å²) in [7, 11) is 4.88. The lowest BCUT2D eigenvalue weighted by molar-refractivity contribution is 0.405. The van der Waals surface area contributed by atoms with Crippen LogP contribution in [0, 0.1) is 0 Å². The van der Waals surface area contributed by atoms with E-state index in [1.165, 1.54) is 5.56 Å². The lowest BCUT2D eigenvalue weighted by Crippen LogP contribution is -2.10. The Kier molecular flexibility index (Phi) is 6.46. The summed E-state index contributed by atoms with van der Waals surface area (Å²) in [6, 6.07) is 13.4. The van der Waals surface area contributed by atoms with Crippen LogP contribution in [0.2, 0.25) is 0 Å². The highest BCUT2D eigenvalue weighted by atomic mass is 16.5. The Morgan fingerprint density at radius 1 is 0.893 bits per heavy atom. The largest absolute Gasteiger partial charge is 0.497 e. The normalized spacial score (nSPS) is 10.2. The Morgan fingerprint density at radius 3 is 2.36 bits per heavy atom. The molecule has 0 aliphatic heterocycles. The minimum Gasteiger partial charge on any atom is -0.497 e. The summed E-state index contributed by atoms with van der Waals surface area (Å²) in [5.74, 6) is 3.22. The van der Waals surface area contributed by atoms with Gasteiger partial charge in [0, 0.05) is 12.6 Å². The first-order valence-electron chi connectivity index (χ1n) is 8.77. The standard InChI is InChI=1S/C20H23N5O3/c1-26-15-6-4-14(5-7-15)10-11-21-20-24-19(13-22-25-20)23-17-12-16(27-2)8-9-18(17)28-3/h4-9,12-13H,10-11H2,1-3H3,(H2,21,23,24,25). The SMILES string of the molecule is COc1ccc(CCNc2nncc(Nc3cc(OC)ccc3OC)n2)cc1. The Bertz CT molecular complexity index is 903. The summed E-state index contributed by atoms with van der Waals surface area (Å²) in [5, 5.41) is 14.4. The van der Waals surface area contributed by atoms with Crippen molar-refractivity contribution in [1.29, 1.82) is 0 Å². The number of nitrogens with one attached hydrogen (secondary N) is 2. The van der Waals surface area contributed by atoms with E-state index in [-0.39, 0.29) is 0 Å². The third kappa shape index (κ3) is 5.00. The molecule has 0 amide bonds. The van der Waals surface area contributed by atoms with Crippen molar-refractivity contribution in [1.82, 2.24) is 15.2 Å². The molecule has 0 spiro atoms. The topological polar surface area (TPSA) is 90.4 Å². The molecular weight excluding hydrogens is 358 g/mol. The minimum absolute atomic E-state index is 0.445. The van der Waals surface area contributed by atoms with E-state index in [4.69, 9.17) is 14.2 Å². The van der Waals surface area contributed by atoms with Gasteiger partial charge >= 0.3 is 0 Å². The molecule has 146 valence electrons. The zero-order valence-electron chi connectivity index (χ0n) is 16.1. The van der Waals surface area contributed by atoms with Crippen molar-refractivity contribution in [2.24, 2.45) is 0 Å².